The van der Waals surface area contributed by atoms with Crippen molar-refractivity contribution in [2.45, 2.75) is 25.2 Å². The summed E-state index contributed by atoms with van der Waals surface area (Å²) < 4.78 is 5.56. The Balaban J connectivity index is 1.29. The topological polar surface area (TPSA) is 91.7 Å². The molecule has 0 radical (unpaired) electrons. The molecule has 3 aromatic heterocycles. The van der Waals surface area contributed by atoms with Gasteiger partial charge in [-0.1, -0.05) is 5.16 Å². The number of nitrogens with zero attached hydrogens (tertiary/aromatic N) is 6. The molecule has 2 fully saturated rings. The summed E-state index contributed by atoms with van der Waals surface area (Å²) in [6.07, 6.45) is 8.40. The molecule has 3 aromatic rings. The van der Waals surface area contributed by atoms with E-state index in [1.165, 1.54) is 0 Å². The summed E-state index contributed by atoms with van der Waals surface area (Å²) in [7, 11) is 0. The summed E-state index contributed by atoms with van der Waals surface area (Å²) in [5.41, 5.74) is 1.76. The molecule has 0 amide bonds. The summed E-state index contributed by atoms with van der Waals surface area (Å²) in [6, 6.07) is 9.67. The highest BCUT2D eigenvalue weighted by Crippen LogP contribution is 2.64. The first-order valence-corrected chi connectivity index (χ1v) is 9.13. The van der Waals surface area contributed by atoms with Crippen molar-refractivity contribution in [3.8, 4) is 17.5 Å². The average Bonchev–Trinajstić information content (AvgIpc) is 3.20. The molecule has 2 aliphatic rings. The van der Waals surface area contributed by atoms with Crippen LogP contribution in [-0.2, 0) is 0 Å². The van der Waals surface area contributed by atoms with Crippen LogP contribution in [0.15, 0.2) is 47.4 Å². The van der Waals surface area contributed by atoms with Gasteiger partial charge in [0.25, 0.3) is 0 Å². The Bertz CT molecular complexity index is 1000. The third-order valence-electron chi connectivity index (χ3n) is 5.82. The van der Waals surface area contributed by atoms with Crippen molar-refractivity contribution < 1.29 is 4.52 Å². The van der Waals surface area contributed by atoms with Crippen LogP contribution in [0.5, 0.6) is 0 Å². The second-order valence-corrected chi connectivity index (χ2v) is 7.29. The minimum absolute atomic E-state index is 0.247. The molecule has 27 heavy (non-hydrogen) atoms. The van der Waals surface area contributed by atoms with E-state index in [4.69, 9.17) is 4.52 Å². The third-order valence-corrected chi connectivity index (χ3v) is 5.82. The zero-order valence-corrected chi connectivity index (χ0v) is 14.7. The lowest BCUT2D eigenvalue weighted by molar-refractivity contribution is 0.326. The highest BCUT2D eigenvalue weighted by molar-refractivity contribution is 5.54. The van der Waals surface area contributed by atoms with Gasteiger partial charge in [-0.25, -0.2) is 4.98 Å². The van der Waals surface area contributed by atoms with E-state index in [9.17, 15) is 5.26 Å². The fourth-order valence-corrected chi connectivity index (χ4v) is 4.14. The van der Waals surface area contributed by atoms with Crippen LogP contribution in [0.4, 0.5) is 5.82 Å². The second kappa shape index (κ2) is 6.16. The van der Waals surface area contributed by atoms with Crippen LogP contribution in [-0.4, -0.2) is 33.2 Å². The van der Waals surface area contributed by atoms with Crippen LogP contribution in [0.25, 0.3) is 11.4 Å². The van der Waals surface area contributed by atoms with Crippen LogP contribution in [0.3, 0.4) is 0 Å². The van der Waals surface area contributed by atoms with Crippen molar-refractivity contribution in [2.24, 2.45) is 5.41 Å². The van der Waals surface area contributed by atoms with Crippen molar-refractivity contribution in [1.82, 2.24) is 20.1 Å². The van der Waals surface area contributed by atoms with Gasteiger partial charge in [0.05, 0.1) is 5.56 Å². The molecule has 134 valence electrons. The maximum atomic E-state index is 9.30. The standard InChI is InChI=1S/C20H18N6O/c21-12-14-3-2-8-23-18(14)26-9-5-20(6-10-26)11-16(20)19-24-17(25-27-19)15-4-1-7-22-13-15/h1-4,7-8,13,16H,5-6,9-11H2/t16-/m1/s1. The van der Waals surface area contributed by atoms with Crippen molar-refractivity contribution in [3.63, 3.8) is 0 Å². The molecule has 1 aliphatic heterocycles. The van der Waals surface area contributed by atoms with Crippen LogP contribution < -0.4 is 4.90 Å². The fourth-order valence-electron chi connectivity index (χ4n) is 4.14. The number of rotatable bonds is 3. The van der Waals surface area contributed by atoms with E-state index in [0.29, 0.717) is 17.3 Å². The van der Waals surface area contributed by atoms with E-state index in [2.05, 4.69) is 31.1 Å². The van der Waals surface area contributed by atoms with E-state index in [0.717, 1.165) is 49.6 Å². The zero-order valence-electron chi connectivity index (χ0n) is 14.7. The average molecular weight is 358 g/mol. The first-order chi connectivity index (χ1) is 13.3. The number of anilines is 1. The van der Waals surface area contributed by atoms with E-state index in [1.807, 2.05) is 18.2 Å². The number of nitriles is 1. The SMILES string of the molecule is N#Cc1cccnc1N1CCC2(CC1)C[C@@H]2c1nc(-c2cccnc2)no1. The monoisotopic (exact) mass is 358 g/mol. The third kappa shape index (κ3) is 2.74. The van der Waals surface area contributed by atoms with E-state index in [1.54, 1.807) is 24.7 Å². The largest absolute Gasteiger partial charge is 0.355 e. The lowest BCUT2D eigenvalue weighted by Crippen LogP contribution is -2.36. The van der Waals surface area contributed by atoms with Gasteiger partial charge in [-0.2, -0.15) is 10.2 Å². The van der Waals surface area contributed by atoms with Crippen LogP contribution >= 0.6 is 0 Å². The van der Waals surface area contributed by atoms with Crippen LogP contribution in [0.2, 0.25) is 0 Å². The second-order valence-electron chi connectivity index (χ2n) is 7.29. The molecule has 0 unspecified atom stereocenters. The molecule has 1 spiro atoms. The smallest absolute Gasteiger partial charge is 0.230 e. The molecule has 7 nitrogen and oxygen atoms in total. The van der Waals surface area contributed by atoms with Gasteiger partial charge in [0.1, 0.15) is 11.9 Å². The predicted molar refractivity (Wildman–Crippen MR) is 97.7 cm³/mol. The normalized spacial score (nSPS) is 20.4. The van der Waals surface area contributed by atoms with Gasteiger partial charge in [0, 0.05) is 43.2 Å². The Morgan fingerprint density at radius 3 is 2.81 bits per heavy atom. The van der Waals surface area contributed by atoms with Crippen molar-refractivity contribution in [3.05, 3.63) is 54.3 Å². The van der Waals surface area contributed by atoms with E-state index < -0.39 is 0 Å². The molecule has 1 saturated carbocycles. The van der Waals surface area contributed by atoms with Crippen molar-refractivity contribution in [1.29, 1.82) is 5.26 Å². The lowest BCUT2D eigenvalue weighted by Gasteiger charge is -2.33. The first-order valence-electron chi connectivity index (χ1n) is 9.13. The van der Waals surface area contributed by atoms with E-state index in [-0.39, 0.29) is 5.41 Å². The fraction of sp³-hybridized carbons (Fsp3) is 0.350. The zero-order chi connectivity index (χ0) is 18.3. The molecular weight excluding hydrogens is 340 g/mol. The summed E-state index contributed by atoms with van der Waals surface area (Å²) in [6.45, 7) is 1.79. The Labute approximate surface area is 156 Å². The number of piperidine rings is 1. The first kappa shape index (κ1) is 15.9. The Kier molecular flexibility index (Phi) is 3.64. The maximum Gasteiger partial charge on any atom is 0.230 e. The van der Waals surface area contributed by atoms with Crippen LogP contribution in [0.1, 0.15) is 36.6 Å². The number of hydrogen-bond acceptors (Lipinski definition) is 7. The van der Waals surface area contributed by atoms with Gasteiger partial charge in [-0.3, -0.25) is 4.98 Å². The molecular formula is C20H18N6O. The molecule has 1 aliphatic carbocycles. The van der Waals surface area contributed by atoms with Gasteiger partial charge in [-0.15, -0.1) is 0 Å². The summed E-state index contributed by atoms with van der Waals surface area (Å²) in [5.74, 6) is 2.46. The Hall–Kier alpha value is -3.27. The summed E-state index contributed by atoms with van der Waals surface area (Å²) >= 11 is 0. The van der Waals surface area contributed by atoms with Gasteiger partial charge in [0.15, 0.2) is 0 Å². The maximum absolute atomic E-state index is 9.30. The van der Waals surface area contributed by atoms with E-state index >= 15 is 0 Å². The lowest BCUT2D eigenvalue weighted by atomic mass is 9.90. The van der Waals surface area contributed by atoms with Crippen molar-refractivity contribution >= 4 is 5.82 Å². The quantitative estimate of drug-likeness (QED) is 0.710. The molecule has 0 N–H and O–H groups in total. The highest BCUT2D eigenvalue weighted by atomic mass is 16.5. The molecule has 5 rings (SSSR count). The number of aromatic nitrogens is 4. The summed E-state index contributed by atoms with van der Waals surface area (Å²) in [5, 5.41) is 13.4. The van der Waals surface area contributed by atoms with Gasteiger partial charge >= 0.3 is 0 Å². The molecule has 0 bridgehead atoms. The Morgan fingerprint density at radius 1 is 1.19 bits per heavy atom. The summed E-state index contributed by atoms with van der Waals surface area (Å²) in [4.78, 5) is 15.3. The highest BCUT2D eigenvalue weighted by Gasteiger charge is 2.58. The van der Waals surface area contributed by atoms with Crippen molar-refractivity contribution in [2.75, 3.05) is 18.0 Å². The van der Waals surface area contributed by atoms with Crippen LogP contribution in [0, 0.1) is 16.7 Å². The van der Waals surface area contributed by atoms with Gasteiger partial charge in [-0.05, 0) is 48.9 Å². The molecule has 1 saturated heterocycles. The molecule has 7 heteroatoms. The number of hydrogen-bond donors (Lipinski definition) is 0. The molecule has 0 aromatic carbocycles. The van der Waals surface area contributed by atoms with Gasteiger partial charge < -0.3 is 9.42 Å². The van der Waals surface area contributed by atoms with Gasteiger partial charge in [0.2, 0.25) is 11.7 Å². The predicted octanol–water partition coefficient (Wildman–Crippen LogP) is 3.17. The minimum atomic E-state index is 0.247. The Morgan fingerprint density at radius 2 is 2.04 bits per heavy atom. The molecule has 1 atom stereocenters. The number of pyridine rings is 2. The molecule has 4 heterocycles. The minimum Gasteiger partial charge on any atom is -0.355 e.